The van der Waals surface area contributed by atoms with Crippen LogP contribution in [0.2, 0.25) is 0 Å². The van der Waals surface area contributed by atoms with E-state index >= 15 is 0 Å². The van der Waals surface area contributed by atoms with Crippen molar-refractivity contribution in [3.8, 4) is 0 Å². The Labute approximate surface area is 99.8 Å². The fourth-order valence-electron chi connectivity index (χ4n) is 2.42. The lowest BCUT2D eigenvalue weighted by molar-refractivity contribution is -0.152. The van der Waals surface area contributed by atoms with Gasteiger partial charge in [0.15, 0.2) is 0 Å². The third-order valence-corrected chi connectivity index (χ3v) is 3.54. The van der Waals surface area contributed by atoms with Gasteiger partial charge in [0.25, 0.3) is 0 Å². The Bertz CT molecular complexity index is 224. The summed E-state index contributed by atoms with van der Waals surface area (Å²) in [6.45, 7) is 10.2. The molecule has 0 amide bonds. The average Bonchev–Trinajstić information content (AvgIpc) is 2.17. The summed E-state index contributed by atoms with van der Waals surface area (Å²) in [4.78, 5) is 13.5. The SMILES string of the molecule is CCC(CC)N(C)C(C)(CC(C)C)C(=O)O. The van der Waals surface area contributed by atoms with Crippen molar-refractivity contribution in [1.82, 2.24) is 4.90 Å². The predicted molar refractivity (Wildman–Crippen MR) is 67.6 cm³/mol. The van der Waals surface area contributed by atoms with Crippen LogP contribution in [0.3, 0.4) is 0 Å². The van der Waals surface area contributed by atoms with Gasteiger partial charge in [0.05, 0.1) is 0 Å². The highest BCUT2D eigenvalue weighted by molar-refractivity contribution is 5.78. The molecule has 0 aromatic rings. The minimum absolute atomic E-state index is 0.347. The summed E-state index contributed by atoms with van der Waals surface area (Å²) in [7, 11) is 1.94. The summed E-state index contributed by atoms with van der Waals surface area (Å²) < 4.78 is 0. The minimum Gasteiger partial charge on any atom is -0.480 e. The van der Waals surface area contributed by atoms with Gasteiger partial charge < -0.3 is 5.11 Å². The highest BCUT2D eigenvalue weighted by Crippen LogP contribution is 2.27. The van der Waals surface area contributed by atoms with Crippen LogP contribution in [-0.4, -0.2) is 34.6 Å². The van der Waals surface area contributed by atoms with Crippen molar-refractivity contribution in [3.63, 3.8) is 0 Å². The van der Waals surface area contributed by atoms with Gasteiger partial charge in [0.2, 0.25) is 0 Å². The molecule has 0 saturated heterocycles. The number of nitrogens with zero attached hydrogens (tertiary/aromatic N) is 1. The van der Waals surface area contributed by atoms with E-state index in [-0.39, 0.29) is 0 Å². The second kappa shape index (κ2) is 6.24. The molecule has 0 aliphatic heterocycles. The first-order valence-electron chi connectivity index (χ1n) is 6.25. The first-order chi connectivity index (χ1) is 7.29. The fourth-order valence-corrected chi connectivity index (χ4v) is 2.42. The summed E-state index contributed by atoms with van der Waals surface area (Å²) in [6.07, 6.45) is 2.68. The van der Waals surface area contributed by atoms with Crippen molar-refractivity contribution in [3.05, 3.63) is 0 Å². The molecule has 1 N–H and O–H groups in total. The quantitative estimate of drug-likeness (QED) is 0.729. The number of carboxylic acid groups (broad SMARTS) is 1. The highest BCUT2D eigenvalue weighted by Gasteiger charge is 2.40. The molecule has 0 aliphatic carbocycles. The Hall–Kier alpha value is -0.570. The number of likely N-dealkylation sites (N-methyl/N-ethyl adjacent to an activating group) is 1. The molecule has 1 unspecified atom stereocenters. The zero-order valence-corrected chi connectivity index (χ0v) is 11.6. The number of carboxylic acids is 1. The molecule has 0 bridgehead atoms. The lowest BCUT2D eigenvalue weighted by Crippen LogP contribution is -2.55. The molecule has 0 aromatic heterocycles. The van der Waals surface area contributed by atoms with Crippen LogP contribution in [0.15, 0.2) is 0 Å². The maximum atomic E-state index is 11.5. The van der Waals surface area contributed by atoms with Gasteiger partial charge in [-0.2, -0.15) is 0 Å². The number of hydrogen-bond donors (Lipinski definition) is 1. The van der Waals surface area contributed by atoms with Crippen LogP contribution < -0.4 is 0 Å². The maximum Gasteiger partial charge on any atom is 0.323 e. The molecule has 96 valence electrons. The summed E-state index contributed by atoms with van der Waals surface area (Å²) >= 11 is 0. The molecule has 0 saturated carbocycles. The van der Waals surface area contributed by atoms with Crippen LogP contribution in [0.5, 0.6) is 0 Å². The standard InChI is InChI=1S/C13H27NO2/c1-7-11(8-2)14(6)13(5,12(15)16)9-10(3)4/h10-11H,7-9H2,1-6H3,(H,15,16). The smallest absolute Gasteiger partial charge is 0.323 e. The molecule has 3 nitrogen and oxygen atoms in total. The second-order valence-electron chi connectivity index (χ2n) is 5.26. The Morgan fingerprint density at radius 1 is 1.31 bits per heavy atom. The monoisotopic (exact) mass is 229 g/mol. The fraction of sp³-hybridized carbons (Fsp3) is 0.923. The number of hydrogen-bond acceptors (Lipinski definition) is 2. The maximum absolute atomic E-state index is 11.5. The number of rotatable bonds is 7. The van der Waals surface area contributed by atoms with E-state index in [2.05, 4.69) is 27.7 Å². The van der Waals surface area contributed by atoms with E-state index < -0.39 is 11.5 Å². The summed E-state index contributed by atoms with van der Waals surface area (Å²) in [5.74, 6) is -0.325. The van der Waals surface area contributed by atoms with Crippen LogP contribution in [0.4, 0.5) is 0 Å². The average molecular weight is 229 g/mol. The van der Waals surface area contributed by atoms with Gasteiger partial charge in [-0.05, 0) is 39.2 Å². The molecule has 0 rings (SSSR count). The Morgan fingerprint density at radius 3 is 2.00 bits per heavy atom. The van der Waals surface area contributed by atoms with Crippen molar-refractivity contribution < 1.29 is 9.90 Å². The lowest BCUT2D eigenvalue weighted by atomic mass is 9.87. The van der Waals surface area contributed by atoms with Crippen LogP contribution in [0, 0.1) is 5.92 Å². The van der Waals surface area contributed by atoms with Gasteiger partial charge in [-0.25, -0.2) is 0 Å². The predicted octanol–water partition coefficient (Wildman–Crippen LogP) is 3.00. The molecular weight excluding hydrogens is 202 g/mol. The lowest BCUT2D eigenvalue weighted by Gasteiger charge is -2.41. The van der Waals surface area contributed by atoms with Gasteiger partial charge in [-0.15, -0.1) is 0 Å². The third-order valence-electron chi connectivity index (χ3n) is 3.54. The zero-order chi connectivity index (χ0) is 12.9. The van der Waals surface area contributed by atoms with E-state index in [1.54, 1.807) is 0 Å². The molecular formula is C13H27NO2. The van der Waals surface area contributed by atoms with E-state index in [4.69, 9.17) is 0 Å². The van der Waals surface area contributed by atoms with Gasteiger partial charge in [0.1, 0.15) is 5.54 Å². The first-order valence-corrected chi connectivity index (χ1v) is 6.25. The third kappa shape index (κ3) is 3.48. The molecule has 16 heavy (non-hydrogen) atoms. The highest BCUT2D eigenvalue weighted by atomic mass is 16.4. The van der Waals surface area contributed by atoms with Crippen LogP contribution in [0.25, 0.3) is 0 Å². The van der Waals surface area contributed by atoms with Gasteiger partial charge in [0, 0.05) is 6.04 Å². The Balaban J connectivity index is 4.95. The molecule has 0 fully saturated rings. The van der Waals surface area contributed by atoms with E-state index in [9.17, 15) is 9.90 Å². The van der Waals surface area contributed by atoms with E-state index in [0.29, 0.717) is 18.4 Å². The van der Waals surface area contributed by atoms with Gasteiger partial charge in [-0.1, -0.05) is 27.7 Å². The van der Waals surface area contributed by atoms with E-state index in [1.807, 2.05) is 18.9 Å². The topological polar surface area (TPSA) is 40.5 Å². The van der Waals surface area contributed by atoms with E-state index in [0.717, 1.165) is 12.8 Å². The molecule has 0 aromatic carbocycles. The summed E-state index contributed by atoms with van der Waals surface area (Å²) in [5, 5.41) is 9.45. The van der Waals surface area contributed by atoms with Gasteiger partial charge in [-0.3, -0.25) is 9.69 Å². The van der Waals surface area contributed by atoms with Crippen molar-refractivity contribution in [2.24, 2.45) is 5.92 Å². The van der Waals surface area contributed by atoms with Gasteiger partial charge >= 0.3 is 5.97 Å². The summed E-state index contributed by atoms with van der Waals surface area (Å²) in [5.41, 5.74) is -0.745. The summed E-state index contributed by atoms with van der Waals surface area (Å²) in [6, 6.07) is 0.347. The largest absolute Gasteiger partial charge is 0.480 e. The Kier molecular flexibility index (Phi) is 6.01. The van der Waals surface area contributed by atoms with Crippen LogP contribution in [0.1, 0.15) is 53.9 Å². The minimum atomic E-state index is -0.745. The van der Waals surface area contributed by atoms with Crippen LogP contribution in [-0.2, 0) is 4.79 Å². The molecule has 3 heteroatoms. The van der Waals surface area contributed by atoms with E-state index in [1.165, 1.54) is 0 Å². The number of carbonyl (C=O) groups is 1. The first kappa shape index (κ1) is 15.4. The number of aliphatic carboxylic acids is 1. The molecule has 0 aliphatic rings. The van der Waals surface area contributed by atoms with Crippen molar-refractivity contribution in [1.29, 1.82) is 0 Å². The molecule has 1 atom stereocenters. The molecule has 0 spiro atoms. The van der Waals surface area contributed by atoms with Crippen molar-refractivity contribution >= 4 is 5.97 Å². The zero-order valence-electron chi connectivity index (χ0n) is 11.6. The van der Waals surface area contributed by atoms with Crippen molar-refractivity contribution in [2.75, 3.05) is 7.05 Å². The van der Waals surface area contributed by atoms with Crippen LogP contribution >= 0.6 is 0 Å². The molecule has 0 radical (unpaired) electrons. The molecule has 0 heterocycles. The second-order valence-corrected chi connectivity index (χ2v) is 5.26. The Morgan fingerprint density at radius 2 is 1.75 bits per heavy atom. The van der Waals surface area contributed by atoms with Crippen molar-refractivity contribution in [2.45, 2.75) is 65.5 Å². The normalized spacial score (nSPS) is 15.8.